The number of hydrogen-bond donors (Lipinski definition) is 0. The second kappa shape index (κ2) is 8.02. The standard InChI is InChI=1S/C12H21NO4.C2H6/c1-5-16-10(14)9-6-7-13(8-9)11(15)17-12(2,3)4;1-2/h9H,5-8H2,1-4H3;1-2H3. The van der Waals surface area contributed by atoms with Crippen LogP contribution in [0.5, 0.6) is 0 Å². The second-order valence-corrected chi connectivity index (χ2v) is 5.16. The molecule has 5 nitrogen and oxygen atoms in total. The molecule has 0 N–H and O–H groups in total. The zero-order valence-electron chi connectivity index (χ0n) is 13.0. The molecular weight excluding hydrogens is 246 g/mol. The fourth-order valence-corrected chi connectivity index (χ4v) is 1.71. The lowest BCUT2D eigenvalue weighted by molar-refractivity contribution is -0.147. The van der Waals surface area contributed by atoms with Crippen molar-refractivity contribution < 1.29 is 19.1 Å². The summed E-state index contributed by atoms with van der Waals surface area (Å²) in [6.07, 6.45) is 0.294. The molecule has 0 aromatic rings. The predicted octanol–water partition coefficient (Wildman–Crippen LogP) is 2.83. The van der Waals surface area contributed by atoms with Crippen LogP contribution >= 0.6 is 0 Å². The first-order valence-corrected chi connectivity index (χ1v) is 6.98. The highest BCUT2D eigenvalue weighted by atomic mass is 16.6. The van der Waals surface area contributed by atoms with Crippen LogP contribution in [0.3, 0.4) is 0 Å². The lowest BCUT2D eigenvalue weighted by atomic mass is 10.1. The van der Waals surface area contributed by atoms with E-state index in [0.717, 1.165) is 0 Å². The third kappa shape index (κ3) is 6.45. The minimum Gasteiger partial charge on any atom is -0.466 e. The Balaban J connectivity index is 0.00000154. The summed E-state index contributed by atoms with van der Waals surface area (Å²) < 4.78 is 10.2. The number of esters is 1. The van der Waals surface area contributed by atoms with Crippen molar-refractivity contribution in [1.29, 1.82) is 0 Å². The van der Waals surface area contributed by atoms with Gasteiger partial charge in [0.1, 0.15) is 5.60 Å². The number of hydrogen-bond acceptors (Lipinski definition) is 4. The molecule has 0 aromatic carbocycles. The van der Waals surface area contributed by atoms with Crippen LogP contribution in [0.4, 0.5) is 4.79 Å². The molecule has 0 spiro atoms. The maximum atomic E-state index is 11.7. The molecule has 19 heavy (non-hydrogen) atoms. The van der Waals surface area contributed by atoms with Crippen LogP contribution in [-0.2, 0) is 14.3 Å². The lowest BCUT2D eigenvalue weighted by Crippen LogP contribution is -2.36. The maximum Gasteiger partial charge on any atom is 0.410 e. The molecule has 1 amide bonds. The van der Waals surface area contributed by atoms with Gasteiger partial charge in [-0.05, 0) is 34.1 Å². The number of ether oxygens (including phenoxy) is 2. The van der Waals surface area contributed by atoms with Gasteiger partial charge in [0.05, 0.1) is 12.5 Å². The van der Waals surface area contributed by atoms with Crippen molar-refractivity contribution in [2.45, 2.75) is 53.6 Å². The Morgan fingerprint density at radius 1 is 1.26 bits per heavy atom. The van der Waals surface area contributed by atoms with Gasteiger partial charge in [-0.3, -0.25) is 4.79 Å². The number of carbonyl (C=O) groups excluding carboxylic acids is 2. The van der Waals surface area contributed by atoms with Crippen LogP contribution in [0.15, 0.2) is 0 Å². The highest BCUT2D eigenvalue weighted by Crippen LogP contribution is 2.20. The fourth-order valence-electron chi connectivity index (χ4n) is 1.71. The molecule has 1 aliphatic rings. The van der Waals surface area contributed by atoms with Gasteiger partial charge in [-0.25, -0.2) is 4.79 Å². The smallest absolute Gasteiger partial charge is 0.410 e. The highest BCUT2D eigenvalue weighted by molar-refractivity contribution is 5.75. The van der Waals surface area contributed by atoms with E-state index in [1.54, 1.807) is 11.8 Å². The van der Waals surface area contributed by atoms with E-state index in [1.807, 2.05) is 34.6 Å². The van der Waals surface area contributed by atoms with Gasteiger partial charge in [-0.1, -0.05) is 13.8 Å². The molecule has 0 saturated carbocycles. The zero-order chi connectivity index (χ0) is 15.1. The van der Waals surface area contributed by atoms with E-state index in [9.17, 15) is 9.59 Å². The van der Waals surface area contributed by atoms with Crippen LogP contribution in [-0.4, -0.2) is 42.3 Å². The van der Waals surface area contributed by atoms with Gasteiger partial charge in [0.15, 0.2) is 0 Å². The van der Waals surface area contributed by atoms with Crippen molar-refractivity contribution in [1.82, 2.24) is 4.90 Å². The molecule has 1 fully saturated rings. The second-order valence-electron chi connectivity index (χ2n) is 5.16. The molecule has 5 heteroatoms. The van der Waals surface area contributed by atoms with E-state index in [0.29, 0.717) is 26.1 Å². The minimum atomic E-state index is -0.501. The Kier molecular flexibility index (Phi) is 7.49. The van der Waals surface area contributed by atoms with Crippen molar-refractivity contribution in [3.63, 3.8) is 0 Å². The molecule has 0 bridgehead atoms. The van der Waals surface area contributed by atoms with Gasteiger partial charge in [-0.15, -0.1) is 0 Å². The molecule has 0 aromatic heterocycles. The highest BCUT2D eigenvalue weighted by Gasteiger charge is 2.34. The minimum absolute atomic E-state index is 0.206. The van der Waals surface area contributed by atoms with Gasteiger partial charge in [0, 0.05) is 13.1 Å². The van der Waals surface area contributed by atoms with Gasteiger partial charge in [-0.2, -0.15) is 0 Å². The molecule has 0 radical (unpaired) electrons. The summed E-state index contributed by atoms with van der Waals surface area (Å²) in [5.74, 6) is -0.430. The summed E-state index contributed by atoms with van der Waals surface area (Å²) in [6, 6.07) is 0. The molecule has 1 saturated heterocycles. The molecule has 1 rings (SSSR count). The summed E-state index contributed by atoms with van der Waals surface area (Å²) >= 11 is 0. The van der Waals surface area contributed by atoms with E-state index in [4.69, 9.17) is 9.47 Å². The molecule has 1 heterocycles. The monoisotopic (exact) mass is 273 g/mol. The Labute approximate surface area is 116 Å². The molecular formula is C14H27NO4. The fraction of sp³-hybridized carbons (Fsp3) is 0.857. The van der Waals surface area contributed by atoms with Crippen LogP contribution in [0.2, 0.25) is 0 Å². The Hall–Kier alpha value is -1.26. The van der Waals surface area contributed by atoms with Crippen molar-refractivity contribution in [2.24, 2.45) is 5.92 Å². The Morgan fingerprint density at radius 3 is 2.32 bits per heavy atom. The van der Waals surface area contributed by atoms with Crippen molar-refractivity contribution >= 4 is 12.1 Å². The van der Waals surface area contributed by atoms with Crippen LogP contribution in [0, 0.1) is 5.92 Å². The van der Waals surface area contributed by atoms with E-state index in [-0.39, 0.29) is 18.0 Å². The summed E-state index contributed by atoms with van der Waals surface area (Å²) in [5.41, 5.74) is -0.501. The number of nitrogens with zero attached hydrogens (tertiary/aromatic N) is 1. The first-order chi connectivity index (χ1) is 8.83. The van der Waals surface area contributed by atoms with E-state index in [2.05, 4.69) is 0 Å². The van der Waals surface area contributed by atoms with E-state index in [1.165, 1.54) is 0 Å². The Bertz CT molecular complexity index is 296. The average molecular weight is 273 g/mol. The van der Waals surface area contributed by atoms with Crippen molar-refractivity contribution in [3.8, 4) is 0 Å². The number of likely N-dealkylation sites (tertiary alicyclic amines) is 1. The van der Waals surface area contributed by atoms with Gasteiger partial charge >= 0.3 is 12.1 Å². The first-order valence-electron chi connectivity index (χ1n) is 6.98. The van der Waals surface area contributed by atoms with Crippen molar-refractivity contribution in [2.75, 3.05) is 19.7 Å². The predicted molar refractivity (Wildman–Crippen MR) is 73.9 cm³/mol. The number of amides is 1. The first kappa shape index (κ1) is 17.7. The summed E-state index contributed by atoms with van der Waals surface area (Å²) in [4.78, 5) is 24.8. The molecule has 1 unspecified atom stereocenters. The third-order valence-electron chi connectivity index (χ3n) is 2.46. The average Bonchev–Trinajstić information content (AvgIpc) is 2.79. The maximum absolute atomic E-state index is 11.7. The normalized spacial score (nSPS) is 18.4. The van der Waals surface area contributed by atoms with E-state index < -0.39 is 5.60 Å². The quantitative estimate of drug-likeness (QED) is 0.726. The largest absolute Gasteiger partial charge is 0.466 e. The SMILES string of the molecule is CC.CCOC(=O)C1CCN(C(=O)OC(C)(C)C)C1. The van der Waals surface area contributed by atoms with Gasteiger partial charge in [0.2, 0.25) is 0 Å². The summed E-state index contributed by atoms with van der Waals surface area (Å²) in [5, 5.41) is 0. The third-order valence-corrected chi connectivity index (χ3v) is 2.46. The van der Waals surface area contributed by atoms with Crippen molar-refractivity contribution in [3.05, 3.63) is 0 Å². The molecule has 0 aliphatic carbocycles. The topological polar surface area (TPSA) is 55.8 Å². The molecule has 1 atom stereocenters. The Morgan fingerprint density at radius 2 is 1.84 bits per heavy atom. The number of carbonyl (C=O) groups is 2. The summed E-state index contributed by atoms with van der Waals surface area (Å²) in [6.45, 7) is 12.6. The lowest BCUT2D eigenvalue weighted by Gasteiger charge is -2.24. The van der Waals surface area contributed by atoms with Crippen LogP contribution < -0.4 is 0 Å². The van der Waals surface area contributed by atoms with Gasteiger partial charge < -0.3 is 14.4 Å². The van der Waals surface area contributed by atoms with E-state index >= 15 is 0 Å². The van der Waals surface area contributed by atoms with Gasteiger partial charge in [0.25, 0.3) is 0 Å². The zero-order valence-corrected chi connectivity index (χ0v) is 13.0. The molecule has 1 aliphatic heterocycles. The number of rotatable bonds is 2. The van der Waals surface area contributed by atoms with Crippen LogP contribution in [0.25, 0.3) is 0 Å². The summed E-state index contributed by atoms with van der Waals surface area (Å²) in [7, 11) is 0. The van der Waals surface area contributed by atoms with Crippen LogP contribution in [0.1, 0.15) is 48.0 Å². The molecule has 112 valence electrons.